The highest BCUT2D eigenvalue weighted by Gasteiger charge is 2.39. The molecule has 1 aromatic heterocycles. The van der Waals surface area contributed by atoms with Crippen molar-refractivity contribution >= 4 is 17.5 Å². The second-order valence-electron chi connectivity index (χ2n) is 6.89. The first kappa shape index (κ1) is 15.7. The maximum absolute atomic E-state index is 13.3. The van der Waals surface area contributed by atoms with Crippen LogP contribution in [0.2, 0.25) is 5.15 Å². The summed E-state index contributed by atoms with van der Waals surface area (Å²) in [6.07, 6.45) is 3.90. The van der Waals surface area contributed by atoms with E-state index in [0.717, 1.165) is 43.5 Å². The number of hydrogen-bond donors (Lipinski definition) is 0. The van der Waals surface area contributed by atoms with E-state index in [1.54, 1.807) is 4.68 Å². The Morgan fingerprint density at radius 3 is 2.83 bits per heavy atom. The van der Waals surface area contributed by atoms with E-state index in [2.05, 4.69) is 23.3 Å². The number of halogens is 1. The van der Waals surface area contributed by atoms with Crippen molar-refractivity contribution in [3.63, 3.8) is 0 Å². The summed E-state index contributed by atoms with van der Waals surface area (Å²) in [6.45, 7) is 2.79. The highest BCUT2D eigenvalue weighted by molar-refractivity contribution is 6.30. The van der Waals surface area contributed by atoms with Crippen LogP contribution in [0.1, 0.15) is 53.6 Å². The molecule has 5 heteroatoms. The lowest BCUT2D eigenvalue weighted by molar-refractivity contribution is -0.133. The Morgan fingerprint density at radius 2 is 2.08 bits per heavy atom. The van der Waals surface area contributed by atoms with Gasteiger partial charge in [0.25, 0.3) is 0 Å². The van der Waals surface area contributed by atoms with Gasteiger partial charge >= 0.3 is 0 Å². The number of aromatic nitrogens is 2. The smallest absolute Gasteiger partial charge is 0.230 e. The lowest BCUT2D eigenvalue weighted by Crippen LogP contribution is -2.34. The van der Waals surface area contributed by atoms with E-state index in [9.17, 15) is 4.79 Å². The number of rotatable bonds is 2. The second-order valence-corrected chi connectivity index (χ2v) is 7.25. The average molecular weight is 344 g/mol. The summed E-state index contributed by atoms with van der Waals surface area (Å²) in [7, 11) is 1.85. The van der Waals surface area contributed by atoms with Crippen LogP contribution in [0.15, 0.2) is 24.3 Å². The number of carbonyl (C=O) groups is 1. The van der Waals surface area contributed by atoms with Crippen molar-refractivity contribution in [2.24, 2.45) is 7.05 Å². The summed E-state index contributed by atoms with van der Waals surface area (Å²) in [6, 6.07) is 8.41. The Bertz CT molecular complexity index is 798. The third kappa shape index (κ3) is 2.35. The quantitative estimate of drug-likeness (QED) is 0.832. The molecule has 1 aliphatic heterocycles. The van der Waals surface area contributed by atoms with Crippen molar-refractivity contribution in [2.75, 3.05) is 6.54 Å². The third-order valence-electron chi connectivity index (χ3n) is 5.50. The highest BCUT2D eigenvalue weighted by Crippen LogP contribution is 2.41. The monoisotopic (exact) mass is 343 g/mol. The molecule has 0 bridgehead atoms. The number of carbonyl (C=O) groups excluding carboxylic acids is 1. The SMILES string of the molecule is Cc1nn(C)c(Cl)c1[C@H]1CCCN1C(=O)[C@@H]1CCc2ccccc21. The number of benzene rings is 1. The molecule has 2 aliphatic rings. The van der Waals surface area contributed by atoms with Crippen molar-refractivity contribution in [2.45, 2.75) is 44.6 Å². The summed E-state index contributed by atoms with van der Waals surface area (Å²) in [5.41, 5.74) is 4.49. The lowest BCUT2D eigenvalue weighted by Gasteiger charge is -2.28. The Balaban J connectivity index is 1.65. The van der Waals surface area contributed by atoms with Gasteiger partial charge in [-0.15, -0.1) is 0 Å². The van der Waals surface area contributed by atoms with Crippen LogP contribution < -0.4 is 0 Å². The van der Waals surface area contributed by atoms with E-state index >= 15 is 0 Å². The normalized spacial score (nSPS) is 22.9. The molecule has 1 amide bonds. The van der Waals surface area contributed by atoms with Gasteiger partial charge in [-0.1, -0.05) is 35.9 Å². The van der Waals surface area contributed by atoms with E-state index in [-0.39, 0.29) is 17.9 Å². The van der Waals surface area contributed by atoms with Crippen molar-refractivity contribution in [1.29, 1.82) is 0 Å². The van der Waals surface area contributed by atoms with Crippen molar-refractivity contribution < 1.29 is 4.79 Å². The molecule has 0 N–H and O–H groups in total. The summed E-state index contributed by atoms with van der Waals surface area (Å²) in [4.78, 5) is 15.3. The molecule has 1 saturated heterocycles. The van der Waals surface area contributed by atoms with Crippen molar-refractivity contribution in [3.8, 4) is 0 Å². The Morgan fingerprint density at radius 1 is 1.29 bits per heavy atom. The molecular formula is C19H22ClN3O. The molecule has 2 aromatic rings. The zero-order valence-electron chi connectivity index (χ0n) is 14.1. The Labute approximate surface area is 147 Å². The summed E-state index contributed by atoms with van der Waals surface area (Å²) in [5.74, 6) is 0.249. The van der Waals surface area contributed by atoms with Gasteiger partial charge in [-0.05, 0) is 43.7 Å². The van der Waals surface area contributed by atoms with Crippen LogP contribution >= 0.6 is 11.6 Å². The summed E-state index contributed by atoms with van der Waals surface area (Å²) >= 11 is 6.47. The van der Waals surface area contributed by atoms with Crippen LogP contribution in [-0.2, 0) is 18.3 Å². The molecule has 2 heterocycles. The number of amides is 1. The predicted octanol–water partition coefficient (Wildman–Crippen LogP) is 3.78. The fourth-order valence-electron chi connectivity index (χ4n) is 4.37. The molecule has 1 aromatic carbocycles. The summed E-state index contributed by atoms with van der Waals surface area (Å²) in [5, 5.41) is 5.09. The third-order valence-corrected chi connectivity index (χ3v) is 5.94. The molecule has 1 aliphatic carbocycles. The van der Waals surface area contributed by atoms with Crippen LogP contribution in [0.4, 0.5) is 0 Å². The van der Waals surface area contributed by atoms with Crippen LogP contribution in [0.25, 0.3) is 0 Å². The van der Waals surface area contributed by atoms with Crippen molar-refractivity contribution in [3.05, 3.63) is 51.8 Å². The van der Waals surface area contributed by atoms with E-state index in [0.29, 0.717) is 5.15 Å². The maximum Gasteiger partial charge on any atom is 0.230 e. The fourth-order valence-corrected chi connectivity index (χ4v) is 4.67. The minimum absolute atomic E-state index is 0.00227. The number of nitrogens with zero attached hydrogens (tertiary/aromatic N) is 3. The molecule has 2 atom stereocenters. The molecule has 0 spiro atoms. The second kappa shape index (κ2) is 5.92. The molecule has 24 heavy (non-hydrogen) atoms. The van der Waals surface area contributed by atoms with Gasteiger partial charge in [-0.2, -0.15) is 5.10 Å². The van der Waals surface area contributed by atoms with E-state index in [1.165, 1.54) is 11.1 Å². The minimum Gasteiger partial charge on any atom is -0.335 e. The van der Waals surface area contributed by atoms with E-state index in [1.807, 2.05) is 24.9 Å². The molecule has 126 valence electrons. The highest BCUT2D eigenvalue weighted by atomic mass is 35.5. The fraction of sp³-hybridized carbons (Fsp3) is 0.474. The topological polar surface area (TPSA) is 38.1 Å². The van der Waals surface area contributed by atoms with Gasteiger partial charge in [0.05, 0.1) is 17.7 Å². The zero-order valence-corrected chi connectivity index (χ0v) is 14.9. The van der Waals surface area contributed by atoms with Crippen molar-refractivity contribution in [1.82, 2.24) is 14.7 Å². The van der Waals surface area contributed by atoms with Gasteiger partial charge in [-0.3, -0.25) is 9.48 Å². The minimum atomic E-state index is -0.00227. The van der Waals surface area contributed by atoms with E-state index in [4.69, 9.17) is 11.6 Å². The van der Waals surface area contributed by atoms with Crippen LogP contribution in [0.3, 0.4) is 0 Å². The Hall–Kier alpha value is -1.81. The first-order chi connectivity index (χ1) is 11.6. The van der Waals surface area contributed by atoms with E-state index < -0.39 is 0 Å². The predicted molar refractivity (Wildman–Crippen MR) is 94.1 cm³/mol. The molecule has 0 saturated carbocycles. The van der Waals surface area contributed by atoms with Gasteiger partial charge in [0.2, 0.25) is 5.91 Å². The van der Waals surface area contributed by atoms with Crippen LogP contribution in [-0.4, -0.2) is 27.1 Å². The molecule has 4 rings (SSSR count). The van der Waals surface area contributed by atoms with Gasteiger partial charge < -0.3 is 4.90 Å². The van der Waals surface area contributed by atoms with Gasteiger partial charge in [0, 0.05) is 19.2 Å². The standard InChI is InChI=1S/C19H22ClN3O/c1-12-17(18(20)22(2)21-12)16-8-5-11-23(16)19(24)15-10-9-13-6-3-4-7-14(13)15/h3-4,6-7,15-16H,5,8-11H2,1-2H3/t15-,16-/m1/s1. The molecule has 4 nitrogen and oxygen atoms in total. The number of aryl methyl sites for hydroxylation is 3. The first-order valence-electron chi connectivity index (χ1n) is 8.65. The molecular weight excluding hydrogens is 322 g/mol. The maximum atomic E-state index is 13.3. The molecule has 1 fully saturated rings. The average Bonchev–Trinajstić information content (AvgIpc) is 3.26. The molecule has 0 unspecified atom stereocenters. The number of fused-ring (bicyclic) bond motifs is 1. The van der Waals surface area contributed by atoms with Crippen LogP contribution in [0, 0.1) is 6.92 Å². The van der Waals surface area contributed by atoms with Crippen LogP contribution in [0.5, 0.6) is 0 Å². The van der Waals surface area contributed by atoms with Gasteiger partial charge in [-0.25, -0.2) is 0 Å². The number of hydrogen-bond acceptors (Lipinski definition) is 2. The molecule has 0 radical (unpaired) electrons. The Kier molecular flexibility index (Phi) is 3.87. The number of likely N-dealkylation sites (tertiary alicyclic amines) is 1. The zero-order chi connectivity index (χ0) is 16.8. The first-order valence-corrected chi connectivity index (χ1v) is 9.03. The van der Waals surface area contributed by atoms with Gasteiger partial charge in [0.1, 0.15) is 5.15 Å². The summed E-state index contributed by atoms with van der Waals surface area (Å²) < 4.78 is 1.71. The van der Waals surface area contributed by atoms with Gasteiger partial charge in [0.15, 0.2) is 0 Å². The lowest BCUT2D eigenvalue weighted by atomic mass is 9.98. The largest absolute Gasteiger partial charge is 0.335 e.